The predicted octanol–water partition coefficient (Wildman–Crippen LogP) is 4.41. The van der Waals surface area contributed by atoms with Gasteiger partial charge in [0.1, 0.15) is 5.69 Å². The van der Waals surface area contributed by atoms with Crippen LogP contribution in [0.5, 0.6) is 0 Å². The van der Waals surface area contributed by atoms with Crippen molar-refractivity contribution in [2.45, 2.75) is 25.3 Å². The number of nitrogens with one attached hydrogen (secondary N) is 1. The minimum Gasteiger partial charge on any atom is -0.351 e. The third-order valence-electron chi connectivity index (χ3n) is 6.57. The van der Waals surface area contributed by atoms with E-state index in [1.165, 1.54) is 5.56 Å². The van der Waals surface area contributed by atoms with Crippen molar-refractivity contribution in [2.24, 2.45) is 14.1 Å². The summed E-state index contributed by atoms with van der Waals surface area (Å²) < 4.78 is 3.83. The largest absolute Gasteiger partial charge is 0.351 e. The molecule has 1 N–H and O–H groups in total. The summed E-state index contributed by atoms with van der Waals surface area (Å²) in [5, 5.41) is 3.98. The fourth-order valence-electron chi connectivity index (χ4n) is 4.49. The molecule has 0 saturated carbocycles. The van der Waals surface area contributed by atoms with Gasteiger partial charge in [0, 0.05) is 62.6 Å². The van der Waals surface area contributed by atoms with E-state index in [4.69, 9.17) is 0 Å². The Morgan fingerprint density at radius 3 is 2.41 bits per heavy atom. The first-order valence-corrected chi connectivity index (χ1v) is 11.7. The number of nitrogens with zero attached hydrogens (tertiary/aromatic N) is 3. The Morgan fingerprint density at radius 1 is 0.882 bits per heavy atom. The minimum absolute atomic E-state index is 0.00335. The molecule has 34 heavy (non-hydrogen) atoms. The molecule has 6 nitrogen and oxygen atoms in total. The monoisotopic (exact) mass is 456 g/mol. The molecule has 0 bridgehead atoms. The second-order valence-corrected chi connectivity index (χ2v) is 8.81. The molecule has 0 saturated heterocycles. The van der Waals surface area contributed by atoms with Crippen molar-refractivity contribution in [3.63, 3.8) is 0 Å². The normalized spacial score (nSPS) is 12.0. The van der Waals surface area contributed by atoms with Crippen molar-refractivity contribution in [1.82, 2.24) is 19.4 Å². The van der Waals surface area contributed by atoms with Crippen molar-refractivity contribution in [3.8, 4) is 0 Å². The Kier molecular flexibility index (Phi) is 7.16. The zero-order valence-corrected chi connectivity index (χ0v) is 20.1. The van der Waals surface area contributed by atoms with Crippen LogP contribution in [0.2, 0.25) is 0 Å². The summed E-state index contributed by atoms with van der Waals surface area (Å²) in [6.45, 7) is 0.497. The highest BCUT2D eigenvalue weighted by Gasteiger charge is 2.23. The number of rotatable bonds is 9. The van der Waals surface area contributed by atoms with Crippen LogP contribution in [0, 0.1) is 0 Å². The molecule has 2 heterocycles. The van der Waals surface area contributed by atoms with Crippen molar-refractivity contribution in [2.75, 3.05) is 13.6 Å². The molecule has 4 aromatic rings. The van der Waals surface area contributed by atoms with E-state index < -0.39 is 0 Å². The number of benzene rings is 2. The topological polar surface area (TPSA) is 59.3 Å². The van der Waals surface area contributed by atoms with E-state index in [2.05, 4.69) is 17.4 Å². The molecule has 0 aliphatic rings. The smallest absolute Gasteiger partial charge is 0.267 e. The molecule has 176 valence electrons. The molecule has 2 aromatic carbocycles. The maximum absolute atomic E-state index is 13.6. The number of hydrogen-bond acceptors (Lipinski definition) is 2. The van der Waals surface area contributed by atoms with Crippen LogP contribution in [-0.4, -0.2) is 45.5 Å². The highest BCUT2D eigenvalue weighted by molar-refractivity contribution is 6.06. The average molecular weight is 457 g/mol. The van der Waals surface area contributed by atoms with Gasteiger partial charge in [0.2, 0.25) is 0 Å². The summed E-state index contributed by atoms with van der Waals surface area (Å²) in [6, 6.07) is 21.8. The number of fused-ring (bicyclic) bond motifs is 1. The van der Waals surface area contributed by atoms with Crippen LogP contribution in [0.1, 0.15) is 39.3 Å². The summed E-state index contributed by atoms with van der Waals surface area (Å²) in [6.07, 6.45) is 6.19. The molecule has 0 aliphatic carbocycles. The van der Waals surface area contributed by atoms with Gasteiger partial charge in [0.15, 0.2) is 0 Å². The third-order valence-corrected chi connectivity index (χ3v) is 6.57. The van der Waals surface area contributed by atoms with Crippen molar-refractivity contribution >= 4 is 22.7 Å². The van der Waals surface area contributed by atoms with Gasteiger partial charge in [0.25, 0.3) is 11.8 Å². The Morgan fingerprint density at radius 2 is 1.68 bits per heavy atom. The maximum atomic E-state index is 13.6. The standard InChI is InChI=1S/C28H32N4O2/c1-30-19-8-13-26(30)27(33)29-18-16-22(15-14-21-9-5-4-6-10-21)32(3)28(34)24-11-7-12-25-23(24)17-20-31(25)2/h4-13,17,19-20,22H,14-16,18H2,1-3H3,(H,29,33). The maximum Gasteiger partial charge on any atom is 0.267 e. The van der Waals surface area contributed by atoms with E-state index in [1.54, 1.807) is 10.6 Å². The number of hydrogen-bond donors (Lipinski definition) is 1. The van der Waals surface area contributed by atoms with Crippen LogP contribution in [0.4, 0.5) is 0 Å². The summed E-state index contributed by atoms with van der Waals surface area (Å²) >= 11 is 0. The Hall–Kier alpha value is -3.80. The highest BCUT2D eigenvalue weighted by Crippen LogP contribution is 2.23. The van der Waals surface area contributed by atoms with Crippen LogP contribution in [-0.2, 0) is 20.5 Å². The van der Waals surface area contributed by atoms with E-state index in [-0.39, 0.29) is 17.9 Å². The molecule has 1 unspecified atom stereocenters. The lowest BCUT2D eigenvalue weighted by Crippen LogP contribution is -2.40. The Balaban J connectivity index is 1.49. The van der Waals surface area contributed by atoms with Crippen LogP contribution in [0.15, 0.2) is 79.1 Å². The first kappa shape index (κ1) is 23.4. The molecule has 6 heteroatoms. The lowest BCUT2D eigenvalue weighted by atomic mass is 10.0. The van der Waals surface area contributed by atoms with E-state index in [9.17, 15) is 9.59 Å². The summed E-state index contributed by atoms with van der Waals surface area (Å²) in [5.41, 5.74) is 3.61. The first-order chi connectivity index (χ1) is 16.5. The Bertz CT molecular complexity index is 1270. The van der Waals surface area contributed by atoms with Crippen molar-refractivity contribution in [3.05, 3.63) is 95.9 Å². The van der Waals surface area contributed by atoms with Crippen LogP contribution >= 0.6 is 0 Å². The lowest BCUT2D eigenvalue weighted by Gasteiger charge is -2.29. The fraction of sp³-hybridized carbons (Fsp3) is 0.286. The third kappa shape index (κ3) is 5.06. The predicted molar refractivity (Wildman–Crippen MR) is 136 cm³/mol. The number of aryl methyl sites for hydroxylation is 3. The summed E-state index contributed by atoms with van der Waals surface area (Å²) in [5.74, 6) is -0.0963. The van der Waals surface area contributed by atoms with Crippen molar-refractivity contribution < 1.29 is 9.59 Å². The zero-order valence-electron chi connectivity index (χ0n) is 20.1. The van der Waals surface area contributed by atoms with Gasteiger partial charge in [-0.3, -0.25) is 9.59 Å². The minimum atomic E-state index is -0.0997. The van der Waals surface area contributed by atoms with E-state index in [1.807, 2.05) is 91.5 Å². The molecule has 0 radical (unpaired) electrons. The van der Waals surface area contributed by atoms with Gasteiger partial charge in [-0.25, -0.2) is 0 Å². The van der Waals surface area contributed by atoms with E-state index in [0.717, 1.165) is 23.7 Å². The number of amides is 2. The second kappa shape index (κ2) is 10.4. The number of carbonyl (C=O) groups is 2. The molecular weight excluding hydrogens is 424 g/mol. The number of carbonyl (C=O) groups excluding carboxylic acids is 2. The Labute approximate surface area is 200 Å². The molecule has 0 spiro atoms. The molecular formula is C28H32N4O2. The van der Waals surface area contributed by atoms with Gasteiger partial charge in [-0.05, 0) is 55.2 Å². The molecule has 4 rings (SSSR count). The highest BCUT2D eigenvalue weighted by atomic mass is 16.2. The fourth-order valence-corrected chi connectivity index (χ4v) is 4.49. The molecule has 2 aromatic heterocycles. The SMILES string of the molecule is CN(C(=O)c1cccc2c1ccn2C)C(CCNC(=O)c1cccn1C)CCc1ccccc1. The number of aromatic nitrogens is 2. The van der Waals surface area contributed by atoms with Gasteiger partial charge in [-0.15, -0.1) is 0 Å². The van der Waals surface area contributed by atoms with Gasteiger partial charge in [-0.1, -0.05) is 36.4 Å². The average Bonchev–Trinajstić information content (AvgIpc) is 3.46. The molecule has 0 fully saturated rings. The van der Waals surface area contributed by atoms with E-state index >= 15 is 0 Å². The van der Waals surface area contributed by atoms with E-state index in [0.29, 0.717) is 24.2 Å². The quantitative estimate of drug-likeness (QED) is 0.406. The molecule has 1 atom stereocenters. The zero-order chi connectivity index (χ0) is 24.1. The van der Waals surface area contributed by atoms with Gasteiger partial charge >= 0.3 is 0 Å². The second-order valence-electron chi connectivity index (χ2n) is 8.81. The van der Waals surface area contributed by atoms with Gasteiger partial charge < -0.3 is 19.4 Å². The first-order valence-electron chi connectivity index (χ1n) is 11.7. The summed E-state index contributed by atoms with van der Waals surface area (Å²) in [7, 11) is 5.71. The lowest BCUT2D eigenvalue weighted by molar-refractivity contribution is 0.0717. The summed E-state index contributed by atoms with van der Waals surface area (Å²) in [4.78, 5) is 28.0. The van der Waals surface area contributed by atoms with Crippen LogP contribution < -0.4 is 5.32 Å². The van der Waals surface area contributed by atoms with Crippen LogP contribution in [0.25, 0.3) is 10.9 Å². The molecule has 0 aliphatic heterocycles. The van der Waals surface area contributed by atoms with Crippen LogP contribution in [0.3, 0.4) is 0 Å². The molecule has 2 amide bonds. The van der Waals surface area contributed by atoms with Gasteiger partial charge in [0.05, 0.1) is 0 Å². The van der Waals surface area contributed by atoms with Gasteiger partial charge in [-0.2, -0.15) is 0 Å². The van der Waals surface area contributed by atoms with Crippen molar-refractivity contribution in [1.29, 1.82) is 0 Å².